The number of methoxy groups -OCH3 is 1. The van der Waals surface area contributed by atoms with Gasteiger partial charge in [-0.1, -0.05) is 0 Å². The van der Waals surface area contributed by atoms with E-state index in [1.54, 1.807) is 19.4 Å². The minimum Gasteiger partial charge on any atom is -0.481 e. The smallest absolute Gasteiger partial charge is 0.269 e. The van der Waals surface area contributed by atoms with Gasteiger partial charge >= 0.3 is 0 Å². The molecule has 19 heavy (non-hydrogen) atoms. The van der Waals surface area contributed by atoms with Crippen LogP contribution in [0.25, 0.3) is 0 Å². The van der Waals surface area contributed by atoms with Crippen molar-refractivity contribution < 1.29 is 9.53 Å². The molecule has 2 heterocycles. The lowest BCUT2D eigenvalue weighted by Gasteiger charge is -2.06. The normalized spacial score (nSPS) is 9.95. The molecule has 2 rings (SSSR count). The number of nitrogens with one attached hydrogen (secondary N) is 1. The molecule has 0 aliphatic rings. The number of primary amides is 1. The Kier molecular flexibility index (Phi) is 3.87. The van der Waals surface area contributed by atoms with Crippen molar-refractivity contribution >= 4 is 11.7 Å². The fourth-order valence-electron chi connectivity index (χ4n) is 1.42. The zero-order valence-corrected chi connectivity index (χ0v) is 10.3. The standard InChI is InChI=1S/C12H13N5O2/c1-19-11-6-8(4-5-14-11)7-15-10-3-2-9(12(13)18)16-17-10/h2-6H,7H2,1H3,(H2,13,18)(H,15,17). The lowest BCUT2D eigenvalue weighted by molar-refractivity contribution is 0.0994. The van der Waals surface area contributed by atoms with Crippen LogP contribution in [0.3, 0.4) is 0 Å². The van der Waals surface area contributed by atoms with Crippen molar-refractivity contribution in [1.82, 2.24) is 15.2 Å². The Bertz CT molecular complexity index is 571. The summed E-state index contributed by atoms with van der Waals surface area (Å²) >= 11 is 0. The van der Waals surface area contributed by atoms with E-state index in [0.29, 0.717) is 18.2 Å². The minimum absolute atomic E-state index is 0.135. The third kappa shape index (κ3) is 3.38. The zero-order valence-electron chi connectivity index (χ0n) is 10.3. The summed E-state index contributed by atoms with van der Waals surface area (Å²) in [6.45, 7) is 0.545. The third-order valence-corrected chi connectivity index (χ3v) is 2.40. The molecule has 1 amide bonds. The van der Waals surface area contributed by atoms with Crippen LogP contribution < -0.4 is 15.8 Å². The van der Waals surface area contributed by atoms with Gasteiger partial charge in [-0.25, -0.2) is 4.98 Å². The van der Waals surface area contributed by atoms with Gasteiger partial charge in [0.15, 0.2) is 5.69 Å². The van der Waals surface area contributed by atoms with Crippen LogP contribution in [0.1, 0.15) is 16.1 Å². The number of hydrogen-bond acceptors (Lipinski definition) is 6. The summed E-state index contributed by atoms with van der Waals surface area (Å²) in [6, 6.07) is 6.84. The fraction of sp³-hybridized carbons (Fsp3) is 0.167. The number of ether oxygens (including phenoxy) is 1. The van der Waals surface area contributed by atoms with Crippen LogP contribution in [0.2, 0.25) is 0 Å². The lowest BCUT2D eigenvalue weighted by atomic mass is 10.2. The summed E-state index contributed by atoms with van der Waals surface area (Å²) in [5.74, 6) is 0.508. The van der Waals surface area contributed by atoms with Crippen LogP contribution in [0.5, 0.6) is 5.88 Å². The molecule has 0 aromatic carbocycles. The molecule has 0 radical (unpaired) electrons. The molecule has 0 atom stereocenters. The van der Waals surface area contributed by atoms with Crippen molar-refractivity contribution in [3.8, 4) is 5.88 Å². The number of carbonyl (C=O) groups excluding carboxylic acids is 1. The van der Waals surface area contributed by atoms with Crippen molar-refractivity contribution in [2.45, 2.75) is 6.54 Å². The van der Waals surface area contributed by atoms with Crippen molar-refractivity contribution in [1.29, 1.82) is 0 Å². The molecule has 0 spiro atoms. The number of hydrogen-bond donors (Lipinski definition) is 2. The average Bonchev–Trinajstić information content (AvgIpc) is 2.46. The van der Waals surface area contributed by atoms with Crippen LogP contribution in [0, 0.1) is 0 Å². The van der Waals surface area contributed by atoms with Gasteiger partial charge in [0, 0.05) is 18.8 Å². The molecule has 2 aromatic heterocycles. The summed E-state index contributed by atoms with van der Waals surface area (Å²) in [7, 11) is 1.56. The van der Waals surface area contributed by atoms with Crippen LogP contribution in [-0.2, 0) is 6.54 Å². The Balaban J connectivity index is 1.99. The summed E-state index contributed by atoms with van der Waals surface area (Å²) in [6.07, 6.45) is 1.66. The molecule has 7 heteroatoms. The maximum absolute atomic E-state index is 10.8. The van der Waals surface area contributed by atoms with Gasteiger partial charge in [-0.05, 0) is 23.8 Å². The van der Waals surface area contributed by atoms with E-state index in [-0.39, 0.29) is 5.69 Å². The summed E-state index contributed by atoms with van der Waals surface area (Å²) in [5.41, 5.74) is 6.21. The predicted molar refractivity (Wildman–Crippen MR) is 68.7 cm³/mol. The highest BCUT2D eigenvalue weighted by Crippen LogP contribution is 2.10. The second-order valence-corrected chi connectivity index (χ2v) is 3.73. The topological polar surface area (TPSA) is 103 Å². The number of carbonyl (C=O) groups is 1. The van der Waals surface area contributed by atoms with Crippen LogP contribution in [-0.4, -0.2) is 28.2 Å². The quantitative estimate of drug-likeness (QED) is 0.814. The van der Waals surface area contributed by atoms with E-state index in [1.807, 2.05) is 12.1 Å². The average molecular weight is 259 g/mol. The second-order valence-electron chi connectivity index (χ2n) is 3.73. The first kappa shape index (κ1) is 12.7. The molecule has 0 unspecified atom stereocenters. The van der Waals surface area contributed by atoms with Crippen LogP contribution >= 0.6 is 0 Å². The number of amides is 1. The number of nitrogens with zero attached hydrogens (tertiary/aromatic N) is 3. The SMILES string of the molecule is COc1cc(CNc2ccc(C(N)=O)nn2)ccn1. The van der Waals surface area contributed by atoms with Crippen LogP contribution in [0.15, 0.2) is 30.5 Å². The first-order valence-electron chi connectivity index (χ1n) is 5.55. The molecule has 0 bridgehead atoms. The first-order chi connectivity index (χ1) is 9.19. The predicted octanol–water partition coefficient (Wildman–Crippen LogP) is 0.591. The first-order valence-corrected chi connectivity index (χ1v) is 5.55. The van der Waals surface area contributed by atoms with Gasteiger partial charge in [-0.3, -0.25) is 4.79 Å². The van der Waals surface area contributed by atoms with Gasteiger partial charge < -0.3 is 15.8 Å². The monoisotopic (exact) mass is 259 g/mol. The van der Waals surface area contributed by atoms with E-state index < -0.39 is 5.91 Å². The molecule has 0 saturated heterocycles. The Labute approximate surface area is 109 Å². The molecule has 0 saturated carbocycles. The van der Waals surface area contributed by atoms with E-state index in [0.717, 1.165) is 5.56 Å². The van der Waals surface area contributed by atoms with Gasteiger partial charge in [0.25, 0.3) is 5.91 Å². The van der Waals surface area contributed by atoms with E-state index >= 15 is 0 Å². The molecular formula is C12H13N5O2. The summed E-state index contributed by atoms with van der Waals surface area (Å²) < 4.78 is 5.03. The fourth-order valence-corrected chi connectivity index (χ4v) is 1.42. The van der Waals surface area contributed by atoms with E-state index in [9.17, 15) is 4.79 Å². The summed E-state index contributed by atoms with van der Waals surface area (Å²) in [5, 5.41) is 10.6. The Morgan fingerprint density at radius 2 is 2.21 bits per heavy atom. The highest BCUT2D eigenvalue weighted by Gasteiger charge is 2.03. The van der Waals surface area contributed by atoms with Gasteiger partial charge in [0.2, 0.25) is 5.88 Å². The highest BCUT2D eigenvalue weighted by atomic mass is 16.5. The van der Waals surface area contributed by atoms with Crippen molar-refractivity contribution in [2.24, 2.45) is 5.73 Å². The van der Waals surface area contributed by atoms with Gasteiger partial charge in [0.1, 0.15) is 5.82 Å². The molecular weight excluding hydrogens is 246 g/mol. The van der Waals surface area contributed by atoms with Crippen molar-refractivity contribution in [2.75, 3.05) is 12.4 Å². The molecule has 98 valence electrons. The number of anilines is 1. The molecule has 0 aliphatic carbocycles. The van der Waals surface area contributed by atoms with Gasteiger partial charge in [-0.2, -0.15) is 0 Å². The maximum atomic E-state index is 10.8. The Morgan fingerprint density at radius 3 is 2.84 bits per heavy atom. The van der Waals surface area contributed by atoms with Gasteiger partial charge in [0.05, 0.1) is 7.11 Å². The second kappa shape index (κ2) is 5.76. The van der Waals surface area contributed by atoms with Crippen molar-refractivity contribution in [3.05, 3.63) is 41.7 Å². The maximum Gasteiger partial charge on any atom is 0.269 e. The summed E-state index contributed by atoms with van der Waals surface area (Å²) in [4.78, 5) is 14.9. The molecule has 2 aromatic rings. The zero-order chi connectivity index (χ0) is 13.7. The minimum atomic E-state index is -0.599. The van der Waals surface area contributed by atoms with Crippen molar-refractivity contribution in [3.63, 3.8) is 0 Å². The molecule has 3 N–H and O–H groups in total. The van der Waals surface area contributed by atoms with E-state index in [4.69, 9.17) is 10.5 Å². The van der Waals surface area contributed by atoms with Crippen LogP contribution in [0.4, 0.5) is 5.82 Å². The Hall–Kier alpha value is -2.70. The molecule has 0 fully saturated rings. The molecule has 0 aliphatic heterocycles. The van der Waals surface area contributed by atoms with Gasteiger partial charge in [-0.15, -0.1) is 10.2 Å². The highest BCUT2D eigenvalue weighted by molar-refractivity contribution is 5.90. The largest absolute Gasteiger partial charge is 0.481 e. The number of nitrogens with two attached hydrogens (primary N) is 1. The number of pyridine rings is 1. The van der Waals surface area contributed by atoms with E-state index in [2.05, 4.69) is 20.5 Å². The van der Waals surface area contributed by atoms with E-state index in [1.165, 1.54) is 6.07 Å². The Morgan fingerprint density at radius 1 is 1.37 bits per heavy atom. The molecule has 7 nitrogen and oxygen atoms in total. The number of aromatic nitrogens is 3. The third-order valence-electron chi connectivity index (χ3n) is 2.40. The lowest BCUT2D eigenvalue weighted by Crippen LogP contribution is -2.14. The number of rotatable bonds is 5.